The maximum absolute atomic E-state index is 9.49. The van der Waals surface area contributed by atoms with E-state index in [1.54, 1.807) is 6.07 Å². The van der Waals surface area contributed by atoms with Crippen LogP contribution in [0.1, 0.15) is 31.9 Å². The Balaban J connectivity index is 2.83. The van der Waals surface area contributed by atoms with Gasteiger partial charge >= 0.3 is 0 Å². The molecule has 1 aromatic rings. The summed E-state index contributed by atoms with van der Waals surface area (Å²) in [5.41, 5.74) is 1.00. The molecule has 4 heteroatoms. The maximum atomic E-state index is 9.49. The van der Waals surface area contributed by atoms with Gasteiger partial charge in [0.2, 0.25) is 0 Å². The molecule has 17 heavy (non-hydrogen) atoms. The van der Waals surface area contributed by atoms with E-state index in [4.69, 9.17) is 16.3 Å². The third kappa shape index (κ3) is 4.19. The second-order valence-corrected chi connectivity index (χ2v) is 4.50. The van der Waals surface area contributed by atoms with Crippen molar-refractivity contribution in [3.05, 3.63) is 28.8 Å². The molecular weight excluding hydrogens is 238 g/mol. The van der Waals surface area contributed by atoms with E-state index in [0.29, 0.717) is 18.1 Å². The van der Waals surface area contributed by atoms with Gasteiger partial charge in [0.15, 0.2) is 0 Å². The van der Waals surface area contributed by atoms with Crippen molar-refractivity contribution in [1.82, 2.24) is 5.32 Å². The zero-order valence-electron chi connectivity index (χ0n) is 10.5. The van der Waals surface area contributed by atoms with Crippen LogP contribution < -0.4 is 10.1 Å². The summed E-state index contributed by atoms with van der Waals surface area (Å²) in [5.74, 6) is 0.767. The van der Waals surface area contributed by atoms with Gasteiger partial charge in [-0.05, 0) is 38.6 Å². The third-order valence-electron chi connectivity index (χ3n) is 2.77. The van der Waals surface area contributed by atoms with Gasteiger partial charge in [0.25, 0.3) is 0 Å². The van der Waals surface area contributed by atoms with Crippen LogP contribution in [0.2, 0.25) is 5.02 Å². The third-order valence-corrected chi connectivity index (χ3v) is 3.01. The van der Waals surface area contributed by atoms with Gasteiger partial charge in [-0.1, -0.05) is 18.5 Å². The van der Waals surface area contributed by atoms with E-state index in [9.17, 15) is 5.11 Å². The van der Waals surface area contributed by atoms with Gasteiger partial charge in [-0.2, -0.15) is 0 Å². The molecule has 0 saturated carbocycles. The molecule has 0 aromatic heterocycles. The smallest absolute Gasteiger partial charge is 0.124 e. The Labute approximate surface area is 108 Å². The molecule has 1 aromatic carbocycles. The van der Waals surface area contributed by atoms with Crippen LogP contribution in [-0.4, -0.2) is 24.9 Å². The number of hydrogen-bond donors (Lipinski definition) is 2. The predicted octanol–water partition coefficient (Wildman–Crippen LogP) is 2.77. The van der Waals surface area contributed by atoms with Crippen molar-refractivity contribution in [3.63, 3.8) is 0 Å². The van der Waals surface area contributed by atoms with Crippen molar-refractivity contribution in [2.75, 3.05) is 13.7 Å². The van der Waals surface area contributed by atoms with Gasteiger partial charge in [-0.3, -0.25) is 0 Å². The molecule has 96 valence electrons. The molecule has 2 atom stereocenters. The molecule has 0 amide bonds. The Morgan fingerprint density at radius 3 is 2.76 bits per heavy atom. The first kappa shape index (κ1) is 14.3. The van der Waals surface area contributed by atoms with Crippen molar-refractivity contribution < 1.29 is 9.84 Å². The van der Waals surface area contributed by atoms with Crippen molar-refractivity contribution in [2.24, 2.45) is 0 Å². The van der Waals surface area contributed by atoms with E-state index < -0.39 is 6.10 Å². The Bertz CT molecular complexity index is 357. The zero-order valence-corrected chi connectivity index (χ0v) is 11.3. The molecule has 0 heterocycles. The highest BCUT2D eigenvalue weighted by atomic mass is 35.5. The van der Waals surface area contributed by atoms with Crippen molar-refractivity contribution in [3.8, 4) is 5.75 Å². The van der Waals surface area contributed by atoms with Gasteiger partial charge < -0.3 is 15.2 Å². The van der Waals surface area contributed by atoms with Crippen molar-refractivity contribution >= 4 is 11.6 Å². The van der Waals surface area contributed by atoms with Gasteiger partial charge in [0.05, 0.1) is 6.10 Å². The standard InChI is InChI=1S/C13H20ClNO2/c1-4-11(16)8-17-13-6-5-10(14)7-12(13)9(2)15-3/h5-7,9,11,15-16H,4,8H2,1-3H3. The second kappa shape index (κ2) is 6.84. The molecule has 0 aliphatic carbocycles. The minimum atomic E-state index is -0.427. The second-order valence-electron chi connectivity index (χ2n) is 4.07. The van der Waals surface area contributed by atoms with E-state index in [0.717, 1.165) is 11.3 Å². The summed E-state index contributed by atoms with van der Waals surface area (Å²) in [6.45, 7) is 4.27. The molecule has 0 aliphatic heterocycles. The number of rotatable bonds is 6. The lowest BCUT2D eigenvalue weighted by atomic mass is 10.1. The Hall–Kier alpha value is -0.770. The first-order valence-corrected chi connectivity index (χ1v) is 6.23. The maximum Gasteiger partial charge on any atom is 0.124 e. The topological polar surface area (TPSA) is 41.5 Å². The Morgan fingerprint density at radius 1 is 1.47 bits per heavy atom. The average Bonchev–Trinajstić information content (AvgIpc) is 2.35. The summed E-state index contributed by atoms with van der Waals surface area (Å²) in [4.78, 5) is 0. The fourth-order valence-electron chi connectivity index (χ4n) is 1.45. The number of aliphatic hydroxyl groups is 1. The van der Waals surface area contributed by atoms with E-state index >= 15 is 0 Å². The SMILES string of the molecule is CCC(O)COc1ccc(Cl)cc1C(C)NC. The zero-order chi connectivity index (χ0) is 12.8. The average molecular weight is 258 g/mol. The first-order chi connectivity index (χ1) is 8.08. The van der Waals surface area contributed by atoms with Gasteiger partial charge in [0.1, 0.15) is 12.4 Å². The Morgan fingerprint density at radius 2 is 2.18 bits per heavy atom. The molecular formula is C13H20ClNO2. The van der Waals surface area contributed by atoms with Crippen molar-refractivity contribution in [2.45, 2.75) is 32.4 Å². The largest absolute Gasteiger partial charge is 0.491 e. The number of ether oxygens (including phenoxy) is 1. The van der Waals surface area contributed by atoms with Gasteiger partial charge in [0, 0.05) is 16.6 Å². The molecule has 0 spiro atoms. The molecule has 1 rings (SSSR count). The highest BCUT2D eigenvalue weighted by Crippen LogP contribution is 2.28. The summed E-state index contributed by atoms with van der Waals surface area (Å²) in [7, 11) is 1.89. The van der Waals surface area contributed by atoms with Crippen LogP contribution in [0.25, 0.3) is 0 Å². The lowest BCUT2D eigenvalue weighted by Crippen LogP contribution is -2.18. The number of nitrogens with one attached hydrogen (secondary N) is 1. The molecule has 0 bridgehead atoms. The number of halogens is 1. The Kier molecular flexibility index (Phi) is 5.75. The molecule has 0 saturated heterocycles. The fraction of sp³-hybridized carbons (Fsp3) is 0.538. The van der Waals surface area contributed by atoms with Crippen LogP contribution in [0.15, 0.2) is 18.2 Å². The highest BCUT2D eigenvalue weighted by molar-refractivity contribution is 6.30. The van der Waals surface area contributed by atoms with Crippen LogP contribution in [0.4, 0.5) is 0 Å². The van der Waals surface area contributed by atoms with E-state index in [2.05, 4.69) is 5.32 Å². The number of benzene rings is 1. The molecule has 3 nitrogen and oxygen atoms in total. The number of aliphatic hydroxyl groups excluding tert-OH is 1. The lowest BCUT2D eigenvalue weighted by molar-refractivity contribution is 0.103. The minimum Gasteiger partial charge on any atom is -0.491 e. The highest BCUT2D eigenvalue weighted by Gasteiger charge is 2.12. The monoisotopic (exact) mass is 257 g/mol. The lowest BCUT2D eigenvalue weighted by Gasteiger charge is -2.18. The molecule has 0 radical (unpaired) electrons. The normalized spacial score (nSPS) is 14.4. The summed E-state index contributed by atoms with van der Waals surface area (Å²) in [6, 6.07) is 5.67. The molecule has 2 N–H and O–H groups in total. The fourth-order valence-corrected chi connectivity index (χ4v) is 1.63. The number of hydrogen-bond acceptors (Lipinski definition) is 3. The summed E-state index contributed by atoms with van der Waals surface area (Å²) in [5, 5.41) is 13.3. The molecule has 2 unspecified atom stereocenters. The van der Waals surface area contributed by atoms with Crippen LogP contribution in [0.5, 0.6) is 5.75 Å². The minimum absolute atomic E-state index is 0.155. The molecule has 0 fully saturated rings. The van der Waals surface area contributed by atoms with E-state index in [-0.39, 0.29) is 6.04 Å². The van der Waals surface area contributed by atoms with Gasteiger partial charge in [-0.25, -0.2) is 0 Å². The quantitative estimate of drug-likeness (QED) is 0.824. The van der Waals surface area contributed by atoms with Crippen LogP contribution >= 0.6 is 11.6 Å². The first-order valence-electron chi connectivity index (χ1n) is 5.86. The van der Waals surface area contributed by atoms with Gasteiger partial charge in [-0.15, -0.1) is 0 Å². The van der Waals surface area contributed by atoms with E-state index in [1.807, 2.05) is 33.0 Å². The summed E-state index contributed by atoms with van der Waals surface area (Å²) < 4.78 is 5.62. The van der Waals surface area contributed by atoms with Crippen molar-refractivity contribution in [1.29, 1.82) is 0 Å². The van der Waals surface area contributed by atoms with Crippen LogP contribution in [0, 0.1) is 0 Å². The van der Waals surface area contributed by atoms with Crippen LogP contribution in [0.3, 0.4) is 0 Å². The predicted molar refractivity (Wildman–Crippen MR) is 70.7 cm³/mol. The van der Waals surface area contributed by atoms with E-state index in [1.165, 1.54) is 0 Å². The van der Waals surface area contributed by atoms with Crippen LogP contribution in [-0.2, 0) is 0 Å². The summed E-state index contributed by atoms with van der Waals surface area (Å²) >= 11 is 5.98. The molecule has 0 aliphatic rings. The summed E-state index contributed by atoms with van der Waals surface area (Å²) in [6.07, 6.45) is 0.258.